The van der Waals surface area contributed by atoms with Gasteiger partial charge in [-0.05, 0) is 42.5 Å². The van der Waals surface area contributed by atoms with Crippen LogP contribution in [-0.4, -0.2) is 29.3 Å². The molecule has 29 heavy (non-hydrogen) atoms. The van der Waals surface area contributed by atoms with Gasteiger partial charge in [-0.3, -0.25) is 14.5 Å². The van der Waals surface area contributed by atoms with Crippen LogP contribution < -0.4 is 10.6 Å². The predicted molar refractivity (Wildman–Crippen MR) is 113 cm³/mol. The van der Waals surface area contributed by atoms with Crippen molar-refractivity contribution in [1.29, 1.82) is 0 Å². The van der Waals surface area contributed by atoms with Gasteiger partial charge >= 0.3 is 6.03 Å². The summed E-state index contributed by atoms with van der Waals surface area (Å²) in [6.07, 6.45) is 0.438. The van der Waals surface area contributed by atoms with Crippen LogP contribution in [0.5, 0.6) is 0 Å². The van der Waals surface area contributed by atoms with Gasteiger partial charge in [0.15, 0.2) is 0 Å². The molecule has 2 N–H and O–H groups in total. The number of carbonyl (C=O) groups excluding carboxylic acids is 3. The molecule has 7 heteroatoms. The SMILES string of the molecule is Cc1ccc(NC(=O)CN2C(=O)N[C@](CC(C)C)(c3ccccc3)C2=O)cc1Cl. The number of hydrogen-bond acceptors (Lipinski definition) is 3. The van der Waals surface area contributed by atoms with Gasteiger partial charge in [-0.2, -0.15) is 0 Å². The number of carbonyl (C=O) groups is 3. The zero-order valence-electron chi connectivity index (χ0n) is 16.7. The Morgan fingerprint density at radius 1 is 1.17 bits per heavy atom. The van der Waals surface area contributed by atoms with E-state index < -0.39 is 23.4 Å². The van der Waals surface area contributed by atoms with Gasteiger partial charge in [0, 0.05) is 10.7 Å². The fourth-order valence-electron chi connectivity index (χ4n) is 3.57. The fraction of sp³-hybridized carbons (Fsp3) is 0.318. The second kappa shape index (κ2) is 8.25. The smallest absolute Gasteiger partial charge is 0.324 e. The number of nitrogens with one attached hydrogen (secondary N) is 2. The Labute approximate surface area is 175 Å². The van der Waals surface area contributed by atoms with Gasteiger partial charge in [-0.15, -0.1) is 0 Å². The first-order valence-electron chi connectivity index (χ1n) is 9.48. The van der Waals surface area contributed by atoms with E-state index in [9.17, 15) is 14.4 Å². The van der Waals surface area contributed by atoms with Crippen LogP contribution in [0.1, 0.15) is 31.4 Å². The molecule has 2 aromatic rings. The Balaban J connectivity index is 1.81. The summed E-state index contributed by atoms with van der Waals surface area (Å²) in [6.45, 7) is 5.46. The van der Waals surface area contributed by atoms with E-state index in [1.807, 2.05) is 51.1 Å². The van der Waals surface area contributed by atoms with Crippen molar-refractivity contribution in [2.45, 2.75) is 32.7 Å². The van der Waals surface area contributed by atoms with Crippen molar-refractivity contribution in [1.82, 2.24) is 10.2 Å². The third kappa shape index (κ3) is 4.27. The number of anilines is 1. The minimum absolute atomic E-state index is 0.155. The molecule has 4 amide bonds. The van der Waals surface area contributed by atoms with E-state index >= 15 is 0 Å². The van der Waals surface area contributed by atoms with Crippen molar-refractivity contribution >= 4 is 35.1 Å². The Morgan fingerprint density at radius 2 is 1.86 bits per heavy atom. The van der Waals surface area contributed by atoms with Crippen LogP contribution >= 0.6 is 11.6 Å². The van der Waals surface area contributed by atoms with Gasteiger partial charge in [0.2, 0.25) is 5.91 Å². The first-order chi connectivity index (χ1) is 13.7. The number of nitrogens with zero attached hydrogens (tertiary/aromatic N) is 1. The second-order valence-corrected chi connectivity index (χ2v) is 8.11. The van der Waals surface area contributed by atoms with Crippen LogP contribution in [-0.2, 0) is 15.1 Å². The van der Waals surface area contributed by atoms with E-state index in [0.717, 1.165) is 10.5 Å². The monoisotopic (exact) mass is 413 g/mol. The molecule has 2 aromatic carbocycles. The van der Waals surface area contributed by atoms with Crippen molar-refractivity contribution in [2.24, 2.45) is 5.92 Å². The number of aryl methyl sites for hydroxylation is 1. The van der Waals surface area contributed by atoms with Gasteiger partial charge in [0.25, 0.3) is 5.91 Å². The maximum Gasteiger partial charge on any atom is 0.325 e. The van der Waals surface area contributed by atoms with Crippen LogP contribution in [0.3, 0.4) is 0 Å². The van der Waals surface area contributed by atoms with E-state index in [1.165, 1.54) is 0 Å². The van der Waals surface area contributed by atoms with Crippen LogP contribution in [0.25, 0.3) is 0 Å². The standard InChI is InChI=1S/C22H24ClN3O3/c1-14(2)12-22(16-7-5-4-6-8-16)20(28)26(21(29)25-22)13-19(27)24-17-10-9-15(3)18(23)11-17/h4-11,14H,12-13H2,1-3H3,(H,24,27)(H,25,29)/t22-/m1/s1. The summed E-state index contributed by atoms with van der Waals surface area (Å²) in [5.41, 5.74) is 0.939. The van der Waals surface area contributed by atoms with Crippen LogP contribution in [0.15, 0.2) is 48.5 Å². The molecule has 1 atom stereocenters. The molecule has 1 saturated heterocycles. The molecule has 1 heterocycles. The molecule has 3 rings (SSSR count). The number of halogens is 1. The highest BCUT2D eigenvalue weighted by Gasteiger charge is 2.52. The molecule has 152 valence electrons. The molecule has 0 saturated carbocycles. The largest absolute Gasteiger partial charge is 0.325 e. The van der Waals surface area contributed by atoms with Gasteiger partial charge < -0.3 is 10.6 Å². The molecular weight excluding hydrogens is 390 g/mol. The van der Waals surface area contributed by atoms with Crippen LogP contribution in [0.2, 0.25) is 5.02 Å². The third-order valence-electron chi connectivity index (χ3n) is 4.91. The molecule has 0 radical (unpaired) electrons. The molecule has 0 bridgehead atoms. The average molecular weight is 414 g/mol. The van der Waals surface area contributed by atoms with Crippen LogP contribution in [0.4, 0.5) is 10.5 Å². The first-order valence-corrected chi connectivity index (χ1v) is 9.86. The lowest BCUT2D eigenvalue weighted by atomic mass is 9.82. The highest BCUT2D eigenvalue weighted by atomic mass is 35.5. The molecule has 0 spiro atoms. The van der Waals surface area contributed by atoms with E-state index in [0.29, 0.717) is 22.7 Å². The van der Waals surface area contributed by atoms with Crippen molar-refractivity contribution < 1.29 is 14.4 Å². The highest BCUT2D eigenvalue weighted by Crippen LogP contribution is 2.35. The lowest BCUT2D eigenvalue weighted by molar-refractivity contribution is -0.134. The number of urea groups is 1. The molecule has 1 fully saturated rings. The molecule has 6 nitrogen and oxygen atoms in total. The maximum atomic E-state index is 13.3. The number of benzene rings is 2. The highest BCUT2D eigenvalue weighted by molar-refractivity contribution is 6.31. The summed E-state index contributed by atoms with van der Waals surface area (Å²) in [5, 5.41) is 6.05. The minimum Gasteiger partial charge on any atom is -0.324 e. The van der Waals surface area contributed by atoms with E-state index in [2.05, 4.69) is 10.6 Å². The maximum absolute atomic E-state index is 13.3. The normalized spacial score (nSPS) is 18.9. The van der Waals surface area contributed by atoms with Crippen molar-refractivity contribution in [3.05, 3.63) is 64.7 Å². The minimum atomic E-state index is -1.17. The Hall–Kier alpha value is -2.86. The van der Waals surface area contributed by atoms with Gasteiger partial charge in [0.1, 0.15) is 12.1 Å². The number of imide groups is 1. The quantitative estimate of drug-likeness (QED) is 0.700. The van der Waals surface area contributed by atoms with Gasteiger partial charge in [-0.1, -0.05) is 61.8 Å². The van der Waals surface area contributed by atoms with Crippen molar-refractivity contribution in [2.75, 3.05) is 11.9 Å². The number of hydrogen-bond donors (Lipinski definition) is 2. The number of rotatable bonds is 6. The summed E-state index contributed by atoms with van der Waals surface area (Å²) in [4.78, 5) is 39.4. The van der Waals surface area contributed by atoms with Crippen molar-refractivity contribution in [3.63, 3.8) is 0 Å². The van der Waals surface area contributed by atoms with E-state index in [1.54, 1.807) is 18.2 Å². The van der Waals surface area contributed by atoms with Crippen LogP contribution in [0, 0.1) is 12.8 Å². The summed E-state index contributed by atoms with van der Waals surface area (Å²) >= 11 is 6.09. The first kappa shape index (κ1) is 20.9. The summed E-state index contributed by atoms with van der Waals surface area (Å²) in [7, 11) is 0. The summed E-state index contributed by atoms with van der Waals surface area (Å²) in [6, 6.07) is 13.7. The Kier molecular flexibility index (Phi) is 5.94. The summed E-state index contributed by atoms with van der Waals surface area (Å²) in [5.74, 6) is -0.732. The molecular formula is C22H24ClN3O3. The third-order valence-corrected chi connectivity index (χ3v) is 5.32. The summed E-state index contributed by atoms with van der Waals surface area (Å²) < 4.78 is 0. The second-order valence-electron chi connectivity index (χ2n) is 7.70. The van der Waals surface area contributed by atoms with Crippen molar-refractivity contribution in [3.8, 4) is 0 Å². The Bertz CT molecular complexity index is 946. The lowest BCUT2D eigenvalue weighted by Gasteiger charge is -2.29. The molecule has 1 aliphatic rings. The predicted octanol–water partition coefficient (Wildman–Crippen LogP) is 4.08. The zero-order valence-corrected chi connectivity index (χ0v) is 17.4. The van der Waals surface area contributed by atoms with E-state index in [4.69, 9.17) is 11.6 Å². The average Bonchev–Trinajstić information content (AvgIpc) is 2.90. The topological polar surface area (TPSA) is 78.5 Å². The molecule has 0 aromatic heterocycles. The Morgan fingerprint density at radius 3 is 2.48 bits per heavy atom. The molecule has 0 aliphatic carbocycles. The molecule has 1 aliphatic heterocycles. The van der Waals surface area contributed by atoms with Gasteiger partial charge in [-0.25, -0.2) is 4.79 Å². The van der Waals surface area contributed by atoms with E-state index in [-0.39, 0.29) is 12.5 Å². The molecule has 0 unspecified atom stereocenters. The zero-order chi connectivity index (χ0) is 21.2. The number of amides is 4. The fourth-order valence-corrected chi connectivity index (χ4v) is 3.75. The lowest BCUT2D eigenvalue weighted by Crippen LogP contribution is -2.45. The van der Waals surface area contributed by atoms with Gasteiger partial charge in [0.05, 0.1) is 0 Å².